The van der Waals surface area contributed by atoms with Crippen LogP contribution in [0.4, 0.5) is 0 Å². The van der Waals surface area contributed by atoms with Gasteiger partial charge in [-0.25, -0.2) is 9.97 Å². The van der Waals surface area contributed by atoms with Crippen molar-refractivity contribution in [2.24, 2.45) is 0 Å². The van der Waals surface area contributed by atoms with Gasteiger partial charge in [0.2, 0.25) is 0 Å². The van der Waals surface area contributed by atoms with Crippen LogP contribution in [-0.2, 0) is 37.9 Å². The number of pyridine rings is 2. The van der Waals surface area contributed by atoms with Crippen LogP contribution in [0.3, 0.4) is 0 Å². The summed E-state index contributed by atoms with van der Waals surface area (Å²) in [5.41, 5.74) is 7.17. The molecule has 14 heteroatoms. The number of unbranched alkanes of at least 4 members (excludes halogenated alkanes) is 2. The quantitative estimate of drug-likeness (QED) is 0.0586. The molecule has 0 amide bonds. The molecule has 17 rings (SSSR count). The zero-order valence-corrected chi connectivity index (χ0v) is 51.3. The SMILES string of the molecule is CCCCOc1c(C2OCCO2)c(-c2ccc3c(ccc4c(C5OCCO5)c(-c5cc6c(ccc7c6ccc6c8cnc(Cl)cc8ccc67)c(OCCCC)c5C5OCCO5)ccc43)c2C2OCCO2)cc2c1ccc1c2ccc2c3cnc(Cl)cc3ccc21. The molecule has 4 aliphatic heterocycles. The molecule has 11 aromatic carbocycles. The Bertz CT molecular complexity index is 4780. The summed E-state index contributed by atoms with van der Waals surface area (Å²) >= 11 is 12.8. The van der Waals surface area contributed by atoms with Crippen LogP contribution in [0.25, 0.3) is 130 Å². The molecule has 0 saturated carbocycles. The summed E-state index contributed by atoms with van der Waals surface area (Å²) in [5.74, 6) is 1.49. The van der Waals surface area contributed by atoms with E-state index in [1.807, 2.05) is 24.5 Å². The van der Waals surface area contributed by atoms with Gasteiger partial charge in [0, 0.05) is 45.1 Å². The Morgan fingerprint density at radius 2 is 0.611 bits per heavy atom. The monoisotopic (exact) mass is 1230 g/mol. The number of benzene rings is 11. The van der Waals surface area contributed by atoms with Crippen molar-refractivity contribution >= 4 is 131 Å². The molecular weight excluding hydrogens is 1170 g/mol. The lowest BCUT2D eigenvalue weighted by Gasteiger charge is -2.26. The molecule has 0 unspecified atom stereocenters. The first-order valence-corrected chi connectivity index (χ1v) is 32.2. The van der Waals surface area contributed by atoms with Crippen LogP contribution >= 0.6 is 23.2 Å². The summed E-state index contributed by atoms with van der Waals surface area (Å²) < 4.78 is 66.8. The predicted molar refractivity (Wildman–Crippen MR) is 357 cm³/mol. The number of ether oxygens (including phenoxy) is 10. The maximum atomic E-state index is 7.05. The Kier molecular flexibility index (Phi) is 14.4. The van der Waals surface area contributed by atoms with Crippen LogP contribution in [0.1, 0.15) is 86.9 Å². The summed E-state index contributed by atoms with van der Waals surface area (Å²) in [7, 11) is 0. The van der Waals surface area contributed by atoms with Crippen molar-refractivity contribution < 1.29 is 47.4 Å². The molecule has 4 fully saturated rings. The topological polar surface area (TPSA) is 118 Å². The van der Waals surface area contributed by atoms with E-state index in [9.17, 15) is 0 Å². The van der Waals surface area contributed by atoms with Crippen molar-refractivity contribution in [3.8, 4) is 33.8 Å². The third kappa shape index (κ3) is 9.25. The number of fused-ring (bicyclic) bond motifs is 17. The molecule has 0 N–H and O–H groups in total. The first kappa shape index (κ1) is 56.2. The molecule has 90 heavy (non-hydrogen) atoms. The number of hydrogen-bond donors (Lipinski definition) is 0. The van der Waals surface area contributed by atoms with Gasteiger partial charge in [0.25, 0.3) is 0 Å². The fourth-order valence-electron chi connectivity index (χ4n) is 14.6. The van der Waals surface area contributed by atoms with Crippen molar-refractivity contribution in [3.05, 3.63) is 178 Å². The Labute approximate surface area is 528 Å². The highest BCUT2D eigenvalue weighted by Crippen LogP contribution is 2.53. The molecule has 2 aromatic heterocycles. The van der Waals surface area contributed by atoms with E-state index >= 15 is 0 Å². The summed E-state index contributed by atoms with van der Waals surface area (Å²) in [4.78, 5) is 8.97. The number of aromatic nitrogens is 2. The standard InChI is InChI=1S/C76H62Cl2N2O10/c1-3-5-25-81-71-57-23-17-45-43-9-7-41-35-65(77)79-39-63(41)51(43)13-11-49(45)59(57)37-61(69(71)75-87-31-32-88-75)55-19-15-47-48-16-20-56(68(74-85-29-30-86-74)54(48)22-21-53(47)67(55)73-83-27-28-84-73)62-38-60-50-12-14-52-44(10-8-42-36-66(78)80-40-64(42)52)46(50)18-24-58(60)72(82-26-6-4-2)70(62)76-89-33-34-90-76/h7-24,35-40,73-76H,3-6,25-34H2,1-2H3. The van der Waals surface area contributed by atoms with Gasteiger partial charge in [-0.2, -0.15) is 0 Å². The van der Waals surface area contributed by atoms with Gasteiger partial charge in [0.05, 0.1) is 77.2 Å². The number of hydrogen-bond acceptors (Lipinski definition) is 12. The largest absolute Gasteiger partial charge is 0.492 e. The lowest BCUT2D eigenvalue weighted by molar-refractivity contribution is -0.0459. The fraction of sp³-hybridized carbons (Fsp3) is 0.263. The van der Waals surface area contributed by atoms with E-state index < -0.39 is 25.2 Å². The van der Waals surface area contributed by atoms with E-state index in [-0.39, 0.29) is 0 Å². The van der Waals surface area contributed by atoms with Crippen LogP contribution in [0, 0.1) is 0 Å². The van der Waals surface area contributed by atoms with Crippen LogP contribution in [0.15, 0.2) is 146 Å². The molecule has 13 aromatic rings. The Hall–Kier alpha value is -7.82. The van der Waals surface area contributed by atoms with Gasteiger partial charge in [0.1, 0.15) is 21.8 Å². The van der Waals surface area contributed by atoms with Gasteiger partial charge in [-0.1, -0.05) is 147 Å². The third-order valence-electron chi connectivity index (χ3n) is 18.7. The van der Waals surface area contributed by atoms with Crippen LogP contribution in [-0.4, -0.2) is 76.0 Å². The first-order chi connectivity index (χ1) is 44.4. The molecule has 0 radical (unpaired) electrons. The molecule has 4 aliphatic rings. The normalized spacial score (nSPS) is 16.5. The molecule has 450 valence electrons. The Balaban J connectivity index is 0.908. The van der Waals surface area contributed by atoms with E-state index in [1.54, 1.807) is 0 Å². The minimum absolute atomic E-state index is 0.443. The molecule has 0 spiro atoms. The fourth-order valence-corrected chi connectivity index (χ4v) is 14.9. The number of halogens is 2. The van der Waals surface area contributed by atoms with Crippen molar-refractivity contribution in [2.45, 2.75) is 64.7 Å². The smallest absolute Gasteiger partial charge is 0.188 e. The van der Waals surface area contributed by atoms with Crippen LogP contribution < -0.4 is 9.47 Å². The lowest BCUT2D eigenvalue weighted by atomic mass is 9.84. The average molecular weight is 1230 g/mol. The minimum Gasteiger partial charge on any atom is -0.492 e. The lowest BCUT2D eigenvalue weighted by Crippen LogP contribution is -2.10. The van der Waals surface area contributed by atoms with Gasteiger partial charge >= 0.3 is 0 Å². The van der Waals surface area contributed by atoms with E-state index in [2.05, 4.69) is 145 Å². The summed E-state index contributed by atoms with van der Waals surface area (Å²) in [6, 6.07) is 48.1. The first-order valence-electron chi connectivity index (χ1n) is 31.4. The van der Waals surface area contributed by atoms with Crippen LogP contribution in [0.2, 0.25) is 10.3 Å². The Morgan fingerprint density at radius 1 is 0.322 bits per heavy atom. The maximum Gasteiger partial charge on any atom is 0.188 e. The highest BCUT2D eigenvalue weighted by molar-refractivity contribution is 6.31. The van der Waals surface area contributed by atoms with E-state index in [4.69, 9.17) is 70.6 Å². The van der Waals surface area contributed by atoms with Gasteiger partial charge in [0.15, 0.2) is 25.2 Å². The van der Waals surface area contributed by atoms with Gasteiger partial charge in [-0.05, 0) is 158 Å². The Morgan fingerprint density at radius 3 is 0.978 bits per heavy atom. The average Bonchev–Trinajstić information content (AvgIpc) is 2.16. The van der Waals surface area contributed by atoms with Crippen molar-refractivity contribution in [2.75, 3.05) is 66.1 Å². The molecule has 4 saturated heterocycles. The molecule has 0 aliphatic carbocycles. The van der Waals surface area contributed by atoms with Gasteiger partial charge in [-0.3, -0.25) is 0 Å². The third-order valence-corrected chi connectivity index (χ3v) is 19.1. The van der Waals surface area contributed by atoms with E-state index in [1.165, 1.54) is 0 Å². The van der Waals surface area contributed by atoms with Crippen molar-refractivity contribution in [1.82, 2.24) is 9.97 Å². The number of rotatable bonds is 14. The van der Waals surface area contributed by atoms with E-state index in [0.29, 0.717) is 76.4 Å². The van der Waals surface area contributed by atoms with Gasteiger partial charge in [-0.15, -0.1) is 0 Å². The second-order valence-electron chi connectivity index (χ2n) is 23.8. The summed E-state index contributed by atoms with van der Waals surface area (Å²) in [5, 5.41) is 21.9. The van der Waals surface area contributed by atoms with Gasteiger partial charge < -0.3 is 47.4 Å². The van der Waals surface area contributed by atoms with Crippen molar-refractivity contribution in [3.63, 3.8) is 0 Å². The summed E-state index contributed by atoms with van der Waals surface area (Å²) in [6.45, 7) is 8.98. The minimum atomic E-state index is -0.690. The van der Waals surface area contributed by atoms with E-state index in [0.717, 1.165) is 189 Å². The zero-order chi connectivity index (χ0) is 60.1. The second-order valence-corrected chi connectivity index (χ2v) is 24.5. The molecule has 0 bridgehead atoms. The molecular formula is C76H62Cl2N2O10. The molecule has 6 heterocycles. The zero-order valence-electron chi connectivity index (χ0n) is 49.8. The number of nitrogens with zero attached hydrogens (tertiary/aromatic N) is 2. The second kappa shape index (κ2) is 23.1. The highest BCUT2D eigenvalue weighted by atomic mass is 35.5. The molecule has 0 atom stereocenters. The highest BCUT2D eigenvalue weighted by Gasteiger charge is 2.36. The predicted octanol–water partition coefficient (Wildman–Crippen LogP) is 19.2. The van der Waals surface area contributed by atoms with Crippen LogP contribution in [0.5, 0.6) is 11.5 Å². The molecule has 12 nitrogen and oxygen atoms in total. The summed E-state index contributed by atoms with van der Waals surface area (Å²) in [6.07, 6.45) is 4.67. The van der Waals surface area contributed by atoms with Crippen molar-refractivity contribution in [1.29, 1.82) is 0 Å². The maximum absolute atomic E-state index is 7.05.